The Bertz CT molecular complexity index is 914. The summed E-state index contributed by atoms with van der Waals surface area (Å²) >= 11 is 12.0. The van der Waals surface area contributed by atoms with Gasteiger partial charge < -0.3 is 10.6 Å². The zero-order valence-corrected chi connectivity index (χ0v) is 16.2. The van der Waals surface area contributed by atoms with Crippen molar-refractivity contribution in [3.05, 3.63) is 81.9 Å². The standard InChI is InChI=1S/C19H19Cl2N5O/c1-13(16-5-6-17(20)18(21)8-16)25-19(27)23-9-14-3-2-4-15(7-14)10-26-12-22-11-24-26/h2-8,11-13H,9-10H2,1H3,(H2,23,25,27). The molecule has 2 N–H and O–H groups in total. The van der Waals surface area contributed by atoms with E-state index in [4.69, 9.17) is 23.2 Å². The maximum absolute atomic E-state index is 12.2. The third-order valence-electron chi connectivity index (χ3n) is 4.05. The van der Waals surface area contributed by atoms with Crippen molar-refractivity contribution in [1.82, 2.24) is 25.4 Å². The van der Waals surface area contributed by atoms with Crippen LogP contribution in [0.15, 0.2) is 55.1 Å². The molecular formula is C19H19Cl2N5O. The second-order valence-corrected chi connectivity index (χ2v) is 6.95. The number of nitrogens with one attached hydrogen (secondary N) is 2. The Balaban J connectivity index is 1.53. The van der Waals surface area contributed by atoms with Crippen molar-refractivity contribution < 1.29 is 4.79 Å². The average Bonchev–Trinajstić information content (AvgIpc) is 3.15. The highest BCUT2D eigenvalue weighted by Gasteiger charge is 2.11. The van der Waals surface area contributed by atoms with E-state index >= 15 is 0 Å². The maximum Gasteiger partial charge on any atom is 0.315 e. The van der Waals surface area contributed by atoms with Gasteiger partial charge in [0.25, 0.3) is 0 Å². The molecule has 3 rings (SSSR count). The highest BCUT2D eigenvalue weighted by Crippen LogP contribution is 2.25. The molecule has 140 valence electrons. The molecule has 3 aromatic rings. The van der Waals surface area contributed by atoms with Crippen LogP contribution in [-0.4, -0.2) is 20.8 Å². The van der Waals surface area contributed by atoms with E-state index in [-0.39, 0.29) is 12.1 Å². The van der Waals surface area contributed by atoms with Gasteiger partial charge in [0.15, 0.2) is 0 Å². The van der Waals surface area contributed by atoms with Gasteiger partial charge in [0.1, 0.15) is 12.7 Å². The molecule has 0 radical (unpaired) electrons. The van der Waals surface area contributed by atoms with E-state index in [0.29, 0.717) is 23.1 Å². The molecule has 0 aliphatic carbocycles. The number of benzene rings is 2. The summed E-state index contributed by atoms with van der Waals surface area (Å²) in [6.45, 7) is 2.94. The molecule has 0 aliphatic rings. The lowest BCUT2D eigenvalue weighted by Gasteiger charge is -2.16. The molecule has 8 heteroatoms. The highest BCUT2D eigenvalue weighted by atomic mass is 35.5. The molecular weight excluding hydrogens is 385 g/mol. The van der Waals surface area contributed by atoms with Crippen molar-refractivity contribution in [1.29, 1.82) is 0 Å². The van der Waals surface area contributed by atoms with Crippen LogP contribution in [0, 0.1) is 0 Å². The first kappa shape index (κ1) is 19.2. The number of urea groups is 1. The van der Waals surface area contributed by atoms with Crippen molar-refractivity contribution in [2.75, 3.05) is 0 Å². The number of carbonyl (C=O) groups is 1. The molecule has 0 bridgehead atoms. The van der Waals surface area contributed by atoms with Crippen molar-refractivity contribution in [3.8, 4) is 0 Å². The fourth-order valence-electron chi connectivity index (χ4n) is 2.63. The molecule has 1 heterocycles. The second-order valence-electron chi connectivity index (χ2n) is 6.14. The average molecular weight is 404 g/mol. The summed E-state index contributed by atoms with van der Waals surface area (Å²) in [5.41, 5.74) is 2.98. The van der Waals surface area contributed by atoms with Gasteiger partial charge in [0.2, 0.25) is 0 Å². The number of carbonyl (C=O) groups excluding carboxylic acids is 1. The second kappa shape index (κ2) is 8.88. The van der Waals surface area contributed by atoms with Crippen LogP contribution in [0.1, 0.15) is 29.7 Å². The normalized spacial score (nSPS) is 11.8. The van der Waals surface area contributed by atoms with E-state index < -0.39 is 0 Å². The summed E-state index contributed by atoms with van der Waals surface area (Å²) in [5.74, 6) is 0. The van der Waals surface area contributed by atoms with Crippen LogP contribution in [0.2, 0.25) is 10.0 Å². The van der Waals surface area contributed by atoms with Crippen LogP contribution in [0.5, 0.6) is 0 Å². The number of halogens is 2. The molecule has 0 aliphatic heterocycles. The smallest absolute Gasteiger partial charge is 0.315 e. The minimum absolute atomic E-state index is 0.196. The quantitative estimate of drug-likeness (QED) is 0.647. The summed E-state index contributed by atoms with van der Waals surface area (Å²) < 4.78 is 1.75. The van der Waals surface area contributed by atoms with Gasteiger partial charge in [-0.05, 0) is 35.7 Å². The third-order valence-corrected chi connectivity index (χ3v) is 4.79. The Hall–Kier alpha value is -2.57. The van der Waals surface area contributed by atoms with Gasteiger partial charge in [-0.15, -0.1) is 0 Å². The monoisotopic (exact) mass is 403 g/mol. The lowest BCUT2D eigenvalue weighted by Crippen LogP contribution is -2.36. The summed E-state index contributed by atoms with van der Waals surface area (Å²) in [6, 6.07) is 12.8. The summed E-state index contributed by atoms with van der Waals surface area (Å²) in [7, 11) is 0. The first-order chi connectivity index (χ1) is 13.0. The molecule has 6 nitrogen and oxygen atoms in total. The first-order valence-corrected chi connectivity index (χ1v) is 9.16. The van der Waals surface area contributed by atoms with Crippen molar-refractivity contribution in [2.24, 2.45) is 0 Å². The van der Waals surface area contributed by atoms with Gasteiger partial charge >= 0.3 is 6.03 Å². The Kier molecular flexibility index (Phi) is 6.32. The van der Waals surface area contributed by atoms with E-state index in [0.717, 1.165) is 16.7 Å². The summed E-state index contributed by atoms with van der Waals surface area (Å²) in [4.78, 5) is 16.1. The van der Waals surface area contributed by atoms with Crippen LogP contribution in [0.4, 0.5) is 4.79 Å². The van der Waals surface area contributed by atoms with Crippen molar-refractivity contribution in [2.45, 2.75) is 26.1 Å². The predicted molar refractivity (Wildman–Crippen MR) is 106 cm³/mol. The van der Waals surface area contributed by atoms with Gasteiger partial charge in [-0.3, -0.25) is 0 Å². The zero-order valence-electron chi connectivity index (χ0n) is 14.7. The number of amides is 2. The SMILES string of the molecule is CC(NC(=O)NCc1cccc(Cn2cncn2)c1)c1ccc(Cl)c(Cl)c1. The fraction of sp³-hybridized carbons (Fsp3) is 0.211. The molecule has 0 spiro atoms. The Morgan fingerprint density at radius 3 is 2.70 bits per heavy atom. The number of rotatable bonds is 6. The largest absolute Gasteiger partial charge is 0.334 e. The van der Waals surface area contributed by atoms with E-state index in [1.54, 1.807) is 23.1 Å². The van der Waals surface area contributed by atoms with Gasteiger partial charge in [-0.2, -0.15) is 5.10 Å². The molecule has 1 atom stereocenters. The van der Waals surface area contributed by atoms with Gasteiger partial charge in [0.05, 0.1) is 22.6 Å². The van der Waals surface area contributed by atoms with Crippen LogP contribution in [-0.2, 0) is 13.1 Å². The first-order valence-electron chi connectivity index (χ1n) is 8.41. The van der Waals surface area contributed by atoms with Crippen LogP contribution in [0.25, 0.3) is 0 Å². The van der Waals surface area contributed by atoms with Crippen molar-refractivity contribution in [3.63, 3.8) is 0 Å². The van der Waals surface area contributed by atoms with Gasteiger partial charge in [-0.1, -0.05) is 53.5 Å². The van der Waals surface area contributed by atoms with Crippen LogP contribution in [0.3, 0.4) is 0 Å². The zero-order chi connectivity index (χ0) is 19.2. The van der Waals surface area contributed by atoms with Gasteiger partial charge in [0, 0.05) is 6.54 Å². The third kappa shape index (κ3) is 5.45. The molecule has 2 amide bonds. The molecule has 2 aromatic carbocycles. The fourth-order valence-corrected chi connectivity index (χ4v) is 2.94. The lowest BCUT2D eigenvalue weighted by molar-refractivity contribution is 0.237. The topological polar surface area (TPSA) is 71.8 Å². The van der Waals surface area contributed by atoms with E-state index in [9.17, 15) is 4.79 Å². The number of aromatic nitrogens is 3. The molecule has 1 unspecified atom stereocenters. The van der Waals surface area contributed by atoms with E-state index in [1.165, 1.54) is 6.33 Å². The number of hydrogen-bond acceptors (Lipinski definition) is 3. The number of hydrogen-bond donors (Lipinski definition) is 2. The van der Waals surface area contributed by atoms with E-state index in [2.05, 4.69) is 20.7 Å². The molecule has 1 aromatic heterocycles. The predicted octanol–water partition coefficient (Wildman–Crippen LogP) is 4.19. The molecule has 0 fully saturated rings. The summed E-state index contributed by atoms with van der Waals surface area (Å²) in [5, 5.41) is 10.8. The van der Waals surface area contributed by atoms with Crippen LogP contribution >= 0.6 is 23.2 Å². The van der Waals surface area contributed by atoms with Crippen molar-refractivity contribution >= 4 is 29.2 Å². The Morgan fingerprint density at radius 2 is 1.96 bits per heavy atom. The minimum atomic E-state index is -0.254. The Morgan fingerprint density at radius 1 is 1.15 bits per heavy atom. The lowest BCUT2D eigenvalue weighted by atomic mass is 10.1. The molecule has 0 saturated heterocycles. The van der Waals surface area contributed by atoms with Crippen LogP contribution < -0.4 is 10.6 Å². The number of nitrogens with zero attached hydrogens (tertiary/aromatic N) is 3. The van der Waals surface area contributed by atoms with Gasteiger partial charge in [-0.25, -0.2) is 14.5 Å². The minimum Gasteiger partial charge on any atom is -0.334 e. The Labute approximate surface area is 167 Å². The maximum atomic E-state index is 12.2. The molecule has 27 heavy (non-hydrogen) atoms. The van der Waals surface area contributed by atoms with E-state index in [1.807, 2.05) is 37.3 Å². The highest BCUT2D eigenvalue weighted by molar-refractivity contribution is 6.42. The molecule has 0 saturated carbocycles. The summed E-state index contributed by atoms with van der Waals surface area (Å²) in [6.07, 6.45) is 3.17.